The minimum atomic E-state index is 0. The Morgan fingerprint density at radius 3 is 2.83 bits per heavy atom. The first-order chi connectivity index (χ1) is 8.16. The first-order valence-corrected chi connectivity index (χ1v) is 6.17. The summed E-state index contributed by atoms with van der Waals surface area (Å²) in [5.74, 6) is 1.81. The van der Waals surface area contributed by atoms with Crippen LogP contribution in [0, 0.1) is 5.92 Å². The van der Waals surface area contributed by atoms with Crippen molar-refractivity contribution in [3.05, 3.63) is 17.7 Å². The van der Waals surface area contributed by atoms with Gasteiger partial charge in [-0.3, -0.25) is 0 Å². The lowest BCUT2D eigenvalue weighted by atomic mass is 10.1. The second-order valence-corrected chi connectivity index (χ2v) is 4.71. The number of hydrogen-bond acceptors (Lipinski definition) is 4. The predicted octanol–water partition coefficient (Wildman–Crippen LogP) is 2.41. The van der Waals surface area contributed by atoms with Gasteiger partial charge in [0.2, 0.25) is 11.8 Å². The number of nitrogens with zero attached hydrogens (tertiary/aromatic N) is 1. The molecule has 2 rings (SSSR count). The molecule has 0 aliphatic carbocycles. The highest BCUT2D eigenvalue weighted by Gasteiger charge is 2.14. The number of fused-ring (bicyclic) bond motifs is 1. The van der Waals surface area contributed by atoms with Crippen LogP contribution in [0.3, 0.4) is 0 Å². The van der Waals surface area contributed by atoms with E-state index in [0.717, 1.165) is 18.7 Å². The van der Waals surface area contributed by atoms with E-state index < -0.39 is 0 Å². The third kappa shape index (κ3) is 3.75. The fraction of sp³-hybridized carbons (Fsp3) is 0.615. The molecule has 1 aromatic heterocycles. The summed E-state index contributed by atoms with van der Waals surface area (Å²) in [4.78, 5) is 4.41. The Bertz CT molecular complexity index is 385. The van der Waals surface area contributed by atoms with Crippen molar-refractivity contribution in [2.75, 3.05) is 13.2 Å². The molecular weight excluding hydrogens is 252 g/mol. The van der Waals surface area contributed by atoms with E-state index in [4.69, 9.17) is 9.47 Å². The molecule has 1 N–H and O–H groups in total. The maximum atomic E-state index is 5.77. The molecule has 1 atom stereocenters. The molecule has 0 unspecified atom stereocenters. The summed E-state index contributed by atoms with van der Waals surface area (Å²) < 4.78 is 11.3. The van der Waals surface area contributed by atoms with E-state index in [9.17, 15) is 0 Å². The number of hydrogen-bond donors (Lipinski definition) is 1. The Hall–Kier alpha value is -1.00. The highest BCUT2D eigenvalue weighted by Crippen LogP contribution is 2.22. The van der Waals surface area contributed by atoms with Gasteiger partial charge in [-0.15, -0.1) is 12.4 Å². The van der Waals surface area contributed by atoms with Crippen LogP contribution in [0.1, 0.15) is 26.3 Å². The van der Waals surface area contributed by atoms with E-state index in [1.807, 2.05) is 12.1 Å². The predicted molar refractivity (Wildman–Crippen MR) is 73.6 cm³/mol. The van der Waals surface area contributed by atoms with Crippen molar-refractivity contribution in [3.63, 3.8) is 0 Å². The number of ether oxygens (including phenoxy) is 2. The minimum absolute atomic E-state index is 0. The molecule has 0 bridgehead atoms. The van der Waals surface area contributed by atoms with Gasteiger partial charge in [0.1, 0.15) is 6.61 Å². The summed E-state index contributed by atoms with van der Waals surface area (Å²) in [6, 6.07) is 3.93. The van der Waals surface area contributed by atoms with Gasteiger partial charge >= 0.3 is 0 Å². The molecule has 0 radical (unpaired) electrons. The van der Waals surface area contributed by atoms with E-state index in [2.05, 4.69) is 31.1 Å². The van der Waals surface area contributed by atoms with Crippen LogP contribution in [0.4, 0.5) is 0 Å². The fourth-order valence-corrected chi connectivity index (χ4v) is 1.55. The van der Waals surface area contributed by atoms with Crippen molar-refractivity contribution >= 4 is 12.4 Å². The summed E-state index contributed by atoms with van der Waals surface area (Å²) in [5.41, 5.74) is 1.09. The van der Waals surface area contributed by atoms with Crippen molar-refractivity contribution in [1.82, 2.24) is 10.3 Å². The molecule has 0 amide bonds. The lowest BCUT2D eigenvalue weighted by molar-refractivity contribution is 0.161. The van der Waals surface area contributed by atoms with Crippen molar-refractivity contribution in [2.24, 2.45) is 5.92 Å². The molecule has 102 valence electrons. The highest BCUT2D eigenvalue weighted by molar-refractivity contribution is 5.85. The Labute approximate surface area is 114 Å². The summed E-state index contributed by atoms with van der Waals surface area (Å²) in [7, 11) is 0. The molecule has 1 aliphatic rings. The topological polar surface area (TPSA) is 43.4 Å². The van der Waals surface area contributed by atoms with Crippen LogP contribution >= 0.6 is 12.4 Å². The largest absolute Gasteiger partial charge is 0.476 e. The van der Waals surface area contributed by atoms with Crippen LogP contribution in [0.25, 0.3) is 0 Å². The van der Waals surface area contributed by atoms with Crippen molar-refractivity contribution < 1.29 is 9.47 Å². The number of pyridine rings is 1. The Morgan fingerprint density at radius 1 is 1.33 bits per heavy atom. The molecule has 0 aromatic carbocycles. The molecule has 0 saturated heterocycles. The summed E-state index contributed by atoms with van der Waals surface area (Å²) in [6.07, 6.45) is 0.157. The van der Waals surface area contributed by atoms with Crippen LogP contribution in [0.5, 0.6) is 11.8 Å². The maximum absolute atomic E-state index is 5.77. The van der Waals surface area contributed by atoms with Gasteiger partial charge in [0.25, 0.3) is 0 Å². The van der Waals surface area contributed by atoms with Gasteiger partial charge < -0.3 is 14.8 Å². The average molecular weight is 273 g/mol. The zero-order valence-corrected chi connectivity index (χ0v) is 11.9. The Kier molecular flexibility index (Phi) is 5.69. The van der Waals surface area contributed by atoms with Crippen LogP contribution in [0.15, 0.2) is 12.1 Å². The SMILES string of the molecule is CC(C)[C@@H](C)Oc1ccc2c(n1)OCCNC2.Cl. The molecule has 4 nitrogen and oxygen atoms in total. The first kappa shape index (κ1) is 15.1. The van der Waals surface area contributed by atoms with Gasteiger partial charge in [0, 0.05) is 24.7 Å². The van der Waals surface area contributed by atoms with E-state index in [1.54, 1.807) is 0 Å². The Morgan fingerprint density at radius 2 is 2.11 bits per heavy atom. The van der Waals surface area contributed by atoms with Gasteiger partial charge in [-0.05, 0) is 18.9 Å². The number of aromatic nitrogens is 1. The van der Waals surface area contributed by atoms with Crippen molar-refractivity contribution in [2.45, 2.75) is 33.4 Å². The number of nitrogens with one attached hydrogen (secondary N) is 1. The third-order valence-corrected chi connectivity index (χ3v) is 2.99. The van der Waals surface area contributed by atoms with Crippen molar-refractivity contribution in [1.29, 1.82) is 0 Å². The molecule has 0 saturated carbocycles. The molecule has 18 heavy (non-hydrogen) atoms. The van der Waals surface area contributed by atoms with Crippen LogP contribution in [-0.4, -0.2) is 24.2 Å². The number of rotatable bonds is 3. The second-order valence-electron chi connectivity index (χ2n) is 4.71. The average Bonchev–Trinajstić information content (AvgIpc) is 2.53. The van der Waals surface area contributed by atoms with Crippen LogP contribution < -0.4 is 14.8 Å². The van der Waals surface area contributed by atoms with E-state index in [-0.39, 0.29) is 18.5 Å². The van der Waals surface area contributed by atoms with Gasteiger partial charge in [0.15, 0.2) is 0 Å². The van der Waals surface area contributed by atoms with Gasteiger partial charge in [-0.25, -0.2) is 0 Å². The van der Waals surface area contributed by atoms with E-state index in [0.29, 0.717) is 24.3 Å². The quantitative estimate of drug-likeness (QED) is 0.918. The van der Waals surface area contributed by atoms with Crippen molar-refractivity contribution in [3.8, 4) is 11.8 Å². The van der Waals surface area contributed by atoms with E-state index >= 15 is 0 Å². The molecule has 5 heteroatoms. The minimum Gasteiger partial charge on any atom is -0.476 e. The summed E-state index contributed by atoms with van der Waals surface area (Å²) >= 11 is 0. The van der Waals surface area contributed by atoms with Crippen LogP contribution in [-0.2, 0) is 6.54 Å². The molecule has 2 heterocycles. The Balaban J connectivity index is 0.00000162. The molecular formula is C13H21ClN2O2. The second kappa shape index (κ2) is 6.81. The lowest BCUT2D eigenvalue weighted by Gasteiger charge is -2.18. The standard InChI is InChI=1S/C13H20N2O2.ClH/c1-9(2)10(3)17-12-5-4-11-8-14-6-7-16-13(11)15-12;/h4-5,9-10,14H,6-8H2,1-3H3;1H/t10-;/m1./s1. The lowest BCUT2D eigenvalue weighted by Crippen LogP contribution is -2.19. The first-order valence-electron chi connectivity index (χ1n) is 6.17. The molecule has 1 aliphatic heterocycles. The summed E-state index contributed by atoms with van der Waals surface area (Å²) in [6.45, 7) is 8.64. The van der Waals surface area contributed by atoms with Gasteiger partial charge in [0.05, 0.1) is 6.10 Å². The van der Waals surface area contributed by atoms with Gasteiger partial charge in [-0.2, -0.15) is 4.98 Å². The number of halogens is 1. The molecule has 0 spiro atoms. The third-order valence-electron chi connectivity index (χ3n) is 2.99. The monoisotopic (exact) mass is 272 g/mol. The molecule has 0 fully saturated rings. The smallest absolute Gasteiger partial charge is 0.221 e. The fourth-order valence-electron chi connectivity index (χ4n) is 1.55. The maximum Gasteiger partial charge on any atom is 0.221 e. The zero-order chi connectivity index (χ0) is 12.3. The molecule has 1 aromatic rings. The zero-order valence-electron chi connectivity index (χ0n) is 11.1. The summed E-state index contributed by atoms with van der Waals surface area (Å²) in [5, 5.41) is 3.28. The van der Waals surface area contributed by atoms with E-state index in [1.165, 1.54) is 0 Å². The van der Waals surface area contributed by atoms with Gasteiger partial charge in [-0.1, -0.05) is 13.8 Å². The van der Waals surface area contributed by atoms with Crippen LogP contribution in [0.2, 0.25) is 0 Å². The normalized spacial score (nSPS) is 16.0. The highest BCUT2D eigenvalue weighted by atomic mass is 35.5.